The minimum atomic E-state index is -0.281. The highest BCUT2D eigenvalue weighted by Crippen LogP contribution is 2.20. The summed E-state index contributed by atoms with van der Waals surface area (Å²) in [4.78, 5) is 29.4. The second-order valence-electron chi connectivity index (χ2n) is 8.83. The molecule has 0 unspecified atom stereocenters. The number of hydrogen-bond donors (Lipinski definition) is 1. The van der Waals surface area contributed by atoms with Gasteiger partial charge in [0.05, 0.1) is 23.6 Å². The van der Waals surface area contributed by atoms with Crippen molar-refractivity contribution in [2.24, 2.45) is 0 Å². The number of carbonyl (C=O) groups excluding carboxylic acids is 2. The van der Waals surface area contributed by atoms with Gasteiger partial charge in [0.25, 0.3) is 0 Å². The van der Waals surface area contributed by atoms with Gasteiger partial charge in [-0.25, -0.2) is 4.98 Å². The first-order valence-corrected chi connectivity index (χ1v) is 12.0. The van der Waals surface area contributed by atoms with Crippen molar-refractivity contribution in [1.82, 2.24) is 14.9 Å². The number of imidazole rings is 1. The summed E-state index contributed by atoms with van der Waals surface area (Å²) in [5.74, 6) is 0.528. The van der Waals surface area contributed by atoms with E-state index in [0.717, 1.165) is 40.0 Å². The van der Waals surface area contributed by atoms with E-state index in [1.165, 1.54) is 0 Å². The monoisotopic (exact) mass is 469 g/mol. The molecule has 1 amide bonds. The van der Waals surface area contributed by atoms with Gasteiger partial charge in [0.15, 0.2) is 0 Å². The minimum Gasteiger partial charge on any atom is -0.462 e. The van der Waals surface area contributed by atoms with Crippen LogP contribution in [0.5, 0.6) is 0 Å². The largest absolute Gasteiger partial charge is 0.462 e. The predicted molar refractivity (Wildman–Crippen MR) is 138 cm³/mol. The molecule has 0 aliphatic heterocycles. The highest BCUT2D eigenvalue weighted by Gasteiger charge is 2.15. The Morgan fingerprint density at radius 2 is 1.60 bits per heavy atom. The lowest BCUT2D eigenvalue weighted by atomic mass is 10.0. The van der Waals surface area contributed by atoms with Gasteiger partial charge in [0.2, 0.25) is 5.91 Å². The number of nitrogens with zero attached hydrogens (tertiary/aromatic N) is 2. The van der Waals surface area contributed by atoms with Gasteiger partial charge in [-0.05, 0) is 49.1 Å². The van der Waals surface area contributed by atoms with Gasteiger partial charge in [-0.3, -0.25) is 9.59 Å². The lowest BCUT2D eigenvalue weighted by molar-refractivity contribution is -0.148. The van der Waals surface area contributed by atoms with E-state index in [2.05, 4.69) is 17.4 Å². The van der Waals surface area contributed by atoms with Gasteiger partial charge in [-0.2, -0.15) is 0 Å². The Morgan fingerprint density at radius 1 is 0.914 bits per heavy atom. The highest BCUT2D eigenvalue weighted by atomic mass is 16.5. The molecule has 0 radical (unpaired) electrons. The van der Waals surface area contributed by atoms with Crippen LogP contribution >= 0.6 is 0 Å². The summed E-state index contributed by atoms with van der Waals surface area (Å²) < 4.78 is 7.24. The number of aryl methyl sites for hydroxylation is 1. The summed E-state index contributed by atoms with van der Waals surface area (Å²) in [5.41, 5.74) is 5.03. The molecule has 0 bridgehead atoms. The van der Waals surface area contributed by atoms with Crippen molar-refractivity contribution in [3.05, 3.63) is 90.3 Å². The van der Waals surface area contributed by atoms with E-state index in [0.29, 0.717) is 19.4 Å². The normalized spacial score (nSPS) is 11.1. The van der Waals surface area contributed by atoms with E-state index in [9.17, 15) is 9.59 Å². The van der Waals surface area contributed by atoms with E-state index in [1.807, 2.05) is 85.1 Å². The number of hydrogen-bond acceptors (Lipinski definition) is 4. The molecular formula is C29H31N3O3. The molecule has 1 aromatic heterocycles. The summed E-state index contributed by atoms with van der Waals surface area (Å²) in [5, 5.41) is 3.00. The zero-order chi connectivity index (χ0) is 24.6. The van der Waals surface area contributed by atoms with Crippen LogP contribution in [0.25, 0.3) is 22.2 Å². The second kappa shape index (κ2) is 11.5. The number of aromatic nitrogens is 2. The molecule has 4 rings (SSSR count). The Kier molecular flexibility index (Phi) is 7.93. The maximum atomic E-state index is 12.4. The molecule has 1 N–H and O–H groups in total. The Morgan fingerprint density at radius 3 is 2.34 bits per heavy atom. The number of para-hydroxylation sites is 2. The molecule has 1 heterocycles. The smallest absolute Gasteiger partial charge is 0.326 e. The van der Waals surface area contributed by atoms with Crippen LogP contribution in [0, 0.1) is 0 Å². The fraction of sp³-hybridized carbons (Fsp3) is 0.276. The molecule has 0 saturated carbocycles. The van der Waals surface area contributed by atoms with Crippen molar-refractivity contribution in [3.8, 4) is 11.1 Å². The van der Waals surface area contributed by atoms with Crippen LogP contribution in [0.15, 0.2) is 78.9 Å². The van der Waals surface area contributed by atoms with Crippen LogP contribution in [0.1, 0.15) is 31.7 Å². The zero-order valence-corrected chi connectivity index (χ0v) is 20.2. The quantitative estimate of drug-likeness (QED) is 0.264. The molecule has 35 heavy (non-hydrogen) atoms. The first-order chi connectivity index (χ1) is 17.0. The summed E-state index contributed by atoms with van der Waals surface area (Å²) in [6.07, 6.45) is 1.55. The Balaban J connectivity index is 1.30. The third kappa shape index (κ3) is 6.57. The van der Waals surface area contributed by atoms with Crippen molar-refractivity contribution in [2.45, 2.75) is 45.8 Å². The fourth-order valence-electron chi connectivity index (χ4n) is 4.09. The van der Waals surface area contributed by atoms with Crippen LogP contribution in [-0.2, 0) is 33.7 Å². The highest BCUT2D eigenvalue weighted by molar-refractivity contribution is 5.79. The molecular weight excluding hydrogens is 438 g/mol. The topological polar surface area (TPSA) is 73.2 Å². The minimum absolute atomic E-state index is 0.00789. The van der Waals surface area contributed by atoms with Crippen LogP contribution in [0.3, 0.4) is 0 Å². The van der Waals surface area contributed by atoms with Gasteiger partial charge < -0.3 is 14.6 Å². The summed E-state index contributed by atoms with van der Waals surface area (Å²) >= 11 is 0. The predicted octanol–water partition coefficient (Wildman–Crippen LogP) is 4.95. The zero-order valence-electron chi connectivity index (χ0n) is 20.2. The lowest BCUT2D eigenvalue weighted by Crippen LogP contribution is -2.26. The number of rotatable bonds is 10. The van der Waals surface area contributed by atoms with Crippen molar-refractivity contribution in [1.29, 1.82) is 0 Å². The van der Waals surface area contributed by atoms with Crippen LogP contribution in [-0.4, -0.2) is 34.1 Å². The molecule has 0 spiro atoms. The van der Waals surface area contributed by atoms with E-state index in [4.69, 9.17) is 9.72 Å². The first-order valence-electron chi connectivity index (χ1n) is 12.0. The summed E-state index contributed by atoms with van der Waals surface area (Å²) in [6, 6.07) is 26.0. The molecule has 180 valence electrons. The molecule has 4 aromatic rings. The molecule has 6 nitrogen and oxygen atoms in total. The lowest BCUT2D eigenvalue weighted by Gasteiger charge is -2.12. The van der Waals surface area contributed by atoms with E-state index in [1.54, 1.807) is 0 Å². The molecule has 3 aromatic carbocycles. The van der Waals surface area contributed by atoms with Gasteiger partial charge in [-0.1, -0.05) is 66.7 Å². The number of carbonyl (C=O) groups is 2. The molecule has 6 heteroatoms. The SMILES string of the molecule is CC(C)OC(=O)Cn1c(CCCNC(=O)Cc2ccc(-c3ccccc3)cc2)nc2ccccc21. The summed E-state index contributed by atoms with van der Waals surface area (Å²) in [6.45, 7) is 4.34. The van der Waals surface area contributed by atoms with E-state index < -0.39 is 0 Å². The van der Waals surface area contributed by atoms with Crippen molar-refractivity contribution < 1.29 is 14.3 Å². The third-order valence-electron chi connectivity index (χ3n) is 5.71. The Hall–Kier alpha value is -3.93. The van der Waals surface area contributed by atoms with Crippen molar-refractivity contribution >= 4 is 22.9 Å². The van der Waals surface area contributed by atoms with Crippen LogP contribution in [0.4, 0.5) is 0 Å². The molecule has 0 aliphatic rings. The van der Waals surface area contributed by atoms with E-state index >= 15 is 0 Å². The number of amides is 1. The molecule has 0 fully saturated rings. The molecule has 0 saturated heterocycles. The Bertz CT molecular complexity index is 1280. The first kappa shape index (κ1) is 24.2. The summed E-state index contributed by atoms with van der Waals surface area (Å²) in [7, 11) is 0. The van der Waals surface area contributed by atoms with E-state index in [-0.39, 0.29) is 24.5 Å². The molecule has 0 atom stereocenters. The van der Waals surface area contributed by atoms with Gasteiger partial charge in [-0.15, -0.1) is 0 Å². The van der Waals surface area contributed by atoms with Gasteiger partial charge in [0.1, 0.15) is 12.4 Å². The number of benzene rings is 3. The van der Waals surface area contributed by atoms with Crippen LogP contribution in [0.2, 0.25) is 0 Å². The number of nitrogens with one attached hydrogen (secondary N) is 1. The van der Waals surface area contributed by atoms with Crippen LogP contribution < -0.4 is 5.32 Å². The number of fused-ring (bicyclic) bond motifs is 1. The third-order valence-corrected chi connectivity index (χ3v) is 5.71. The van der Waals surface area contributed by atoms with Crippen molar-refractivity contribution in [2.75, 3.05) is 6.54 Å². The average molecular weight is 470 g/mol. The maximum Gasteiger partial charge on any atom is 0.326 e. The number of esters is 1. The fourth-order valence-corrected chi connectivity index (χ4v) is 4.09. The number of ether oxygens (including phenoxy) is 1. The van der Waals surface area contributed by atoms with Crippen molar-refractivity contribution in [3.63, 3.8) is 0 Å². The van der Waals surface area contributed by atoms with Gasteiger partial charge >= 0.3 is 5.97 Å². The average Bonchev–Trinajstić information content (AvgIpc) is 3.19. The van der Waals surface area contributed by atoms with Gasteiger partial charge in [0, 0.05) is 13.0 Å². The standard InChI is InChI=1S/C29H31N3O3/c1-21(2)35-29(34)20-32-26-12-7-6-11-25(26)31-27(32)13-8-18-30-28(33)19-22-14-16-24(17-15-22)23-9-4-3-5-10-23/h3-7,9-12,14-17,21H,8,13,18-20H2,1-2H3,(H,30,33). The Labute approximate surface area is 206 Å². The maximum absolute atomic E-state index is 12.4. The molecule has 0 aliphatic carbocycles. The second-order valence-corrected chi connectivity index (χ2v) is 8.83.